The Balaban J connectivity index is 1.53. The average Bonchev–Trinajstić information content (AvgIpc) is 3.27. The van der Waals surface area contributed by atoms with E-state index in [0.717, 1.165) is 12.3 Å². The first kappa shape index (κ1) is 19.0. The molecule has 0 bridgehead atoms. The number of hydrogen-bond acceptors (Lipinski definition) is 5. The number of aromatic nitrogens is 3. The minimum atomic E-state index is -4.45. The fraction of sp³-hybridized carbons (Fsp3) is 0.529. The zero-order valence-corrected chi connectivity index (χ0v) is 15.7. The van der Waals surface area contributed by atoms with Gasteiger partial charge in [-0.2, -0.15) is 13.2 Å². The molecule has 0 radical (unpaired) electrons. The molecule has 0 aliphatic carbocycles. The molecule has 28 heavy (non-hydrogen) atoms. The van der Waals surface area contributed by atoms with E-state index >= 15 is 0 Å². The lowest BCUT2D eigenvalue weighted by Crippen LogP contribution is -2.45. The van der Waals surface area contributed by atoms with Crippen LogP contribution in [0.3, 0.4) is 0 Å². The molecule has 0 spiro atoms. The number of nitrogens with zero attached hydrogens (tertiary/aromatic N) is 5. The number of rotatable bonds is 3. The first-order valence-electron chi connectivity index (χ1n) is 8.88. The number of alkyl halides is 3. The molecule has 2 fully saturated rings. The number of hydrogen-bond donors (Lipinski definition) is 0. The molecule has 2 amide bonds. The third-order valence-corrected chi connectivity index (χ3v) is 5.99. The predicted molar refractivity (Wildman–Crippen MR) is 95.6 cm³/mol. The van der Waals surface area contributed by atoms with Crippen molar-refractivity contribution in [2.24, 2.45) is 0 Å². The van der Waals surface area contributed by atoms with Gasteiger partial charge in [-0.25, -0.2) is 0 Å². The van der Waals surface area contributed by atoms with Gasteiger partial charge in [0.25, 0.3) is 0 Å². The number of piperidine rings is 1. The van der Waals surface area contributed by atoms with Crippen molar-refractivity contribution in [2.45, 2.75) is 24.9 Å². The normalized spacial score (nSPS) is 21.0. The van der Waals surface area contributed by atoms with Crippen molar-refractivity contribution in [3.8, 4) is 0 Å². The van der Waals surface area contributed by atoms with Crippen molar-refractivity contribution in [1.29, 1.82) is 0 Å². The molecule has 0 N–H and O–H groups in total. The van der Waals surface area contributed by atoms with Crippen LogP contribution in [-0.2, 0) is 15.8 Å². The Morgan fingerprint density at radius 2 is 2.11 bits per heavy atom. The Bertz CT molecular complexity index is 916. The van der Waals surface area contributed by atoms with Crippen molar-refractivity contribution in [1.82, 2.24) is 24.4 Å². The summed E-state index contributed by atoms with van der Waals surface area (Å²) in [4.78, 5) is 27.5. The van der Waals surface area contributed by atoms with Gasteiger partial charge in [0.1, 0.15) is 12.4 Å². The summed E-state index contributed by atoms with van der Waals surface area (Å²) in [5.41, 5.74) is -0.430. The van der Waals surface area contributed by atoms with Gasteiger partial charge in [-0.3, -0.25) is 14.0 Å². The molecule has 150 valence electrons. The van der Waals surface area contributed by atoms with Crippen LogP contribution in [0, 0.1) is 0 Å². The summed E-state index contributed by atoms with van der Waals surface area (Å²) in [6.45, 7) is 0.956. The minimum absolute atomic E-state index is 0.0390. The molecule has 2 aromatic heterocycles. The number of carbonyl (C=O) groups excluding carboxylic acids is 2. The maximum Gasteiger partial charge on any atom is 0.417 e. The van der Waals surface area contributed by atoms with Crippen molar-refractivity contribution >= 4 is 29.2 Å². The van der Waals surface area contributed by atoms with E-state index in [1.807, 2.05) is 0 Å². The topological polar surface area (TPSA) is 70.8 Å². The summed E-state index contributed by atoms with van der Waals surface area (Å²) in [7, 11) is 0. The van der Waals surface area contributed by atoms with Crippen LogP contribution in [0.5, 0.6) is 0 Å². The van der Waals surface area contributed by atoms with E-state index in [9.17, 15) is 22.8 Å². The molecule has 1 atom stereocenters. The summed E-state index contributed by atoms with van der Waals surface area (Å²) in [6, 6.07) is 2.28. The van der Waals surface area contributed by atoms with Crippen LogP contribution >= 0.6 is 11.8 Å². The van der Waals surface area contributed by atoms with Crippen molar-refractivity contribution in [2.75, 3.05) is 31.3 Å². The van der Waals surface area contributed by atoms with Crippen LogP contribution in [0.2, 0.25) is 0 Å². The third-order valence-electron chi connectivity index (χ3n) is 5.05. The average molecular weight is 413 g/mol. The van der Waals surface area contributed by atoms with Crippen molar-refractivity contribution < 1.29 is 22.8 Å². The van der Waals surface area contributed by atoms with Gasteiger partial charge in [-0.1, -0.05) is 0 Å². The van der Waals surface area contributed by atoms with Gasteiger partial charge < -0.3 is 9.80 Å². The maximum atomic E-state index is 13.0. The van der Waals surface area contributed by atoms with E-state index in [2.05, 4.69) is 10.2 Å². The van der Waals surface area contributed by atoms with E-state index in [4.69, 9.17) is 0 Å². The molecule has 4 rings (SSSR count). The first-order valence-corrected chi connectivity index (χ1v) is 10.0. The zero-order chi connectivity index (χ0) is 19.9. The van der Waals surface area contributed by atoms with Gasteiger partial charge in [-0.05, 0) is 25.0 Å². The molecule has 4 heterocycles. The molecule has 1 unspecified atom stereocenters. The predicted octanol–water partition coefficient (Wildman–Crippen LogP) is 1.99. The highest BCUT2D eigenvalue weighted by Gasteiger charge is 2.33. The highest BCUT2D eigenvalue weighted by atomic mass is 32.2. The fourth-order valence-corrected chi connectivity index (χ4v) is 4.48. The van der Waals surface area contributed by atoms with E-state index in [1.54, 1.807) is 4.90 Å². The molecule has 2 aliphatic rings. The summed E-state index contributed by atoms with van der Waals surface area (Å²) in [5, 5.41) is 8.06. The third kappa shape index (κ3) is 3.67. The van der Waals surface area contributed by atoms with Crippen molar-refractivity contribution in [3.63, 3.8) is 0 Å². The Kier molecular flexibility index (Phi) is 4.94. The monoisotopic (exact) mass is 413 g/mol. The molecule has 2 saturated heterocycles. The zero-order valence-electron chi connectivity index (χ0n) is 14.9. The molecule has 11 heteroatoms. The number of fused-ring (bicyclic) bond motifs is 1. The van der Waals surface area contributed by atoms with Crippen LogP contribution in [0.25, 0.3) is 5.65 Å². The van der Waals surface area contributed by atoms with Gasteiger partial charge in [-0.15, -0.1) is 22.0 Å². The van der Waals surface area contributed by atoms with Gasteiger partial charge in [0.05, 0.1) is 17.2 Å². The molecular weight excluding hydrogens is 395 g/mol. The minimum Gasteiger partial charge on any atom is -0.340 e. The standard InChI is InChI=1S/C17H18F3N5O2S/c18-17(19,20)12-3-4-13-21-22-16(25(13)7-12)11-2-1-5-23(6-11)14(26)8-24-10-28-9-15(24)27/h3-4,7,11H,1-2,5-6,8-10H2. The maximum absolute atomic E-state index is 13.0. The lowest BCUT2D eigenvalue weighted by molar-refractivity contribution is -0.138. The lowest BCUT2D eigenvalue weighted by Gasteiger charge is -2.33. The van der Waals surface area contributed by atoms with E-state index in [1.165, 1.54) is 27.1 Å². The molecule has 2 aliphatic heterocycles. The fourth-order valence-electron chi connectivity index (χ4n) is 3.57. The second-order valence-electron chi connectivity index (χ2n) is 6.95. The van der Waals surface area contributed by atoms with E-state index in [0.29, 0.717) is 49.0 Å². The number of halogens is 3. The summed E-state index contributed by atoms with van der Waals surface area (Å²) < 4.78 is 40.5. The van der Waals surface area contributed by atoms with Crippen LogP contribution in [-0.4, -0.2) is 67.5 Å². The lowest BCUT2D eigenvalue weighted by atomic mass is 9.97. The molecular formula is C17H18F3N5O2S. The second kappa shape index (κ2) is 7.26. The summed E-state index contributed by atoms with van der Waals surface area (Å²) >= 11 is 1.47. The quantitative estimate of drug-likeness (QED) is 0.770. The molecule has 2 aromatic rings. The van der Waals surface area contributed by atoms with Crippen LogP contribution < -0.4 is 0 Å². The van der Waals surface area contributed by atoms with Gasteiger partial charge in [0, 0.05) is 25.2 Å². The number of thioether (sulfide) groups is 1. The van der Waals surface area contributed by atoms with Gasteiger partial charge >= 0.3 is 6.18 Å². The van der Waals surface area contributed by atoms with Crippen LogP contribution in [0.15, 0.2) is 18.3 Å². The first-order chi connectivity index (χ1) is 13.3. The highest BCUT2D eigenvalue weighted by Crippen LogP contribution is 2.31. The second-order valence-corrected chi connectivity index (χ2v) is 7.91. The van der Waals surface area contributed by atoms with E-state index < -0.39 is 11.7 Å². The Labute approximate surface area is 162 Å². The highest BCUT2D eigenvalue weighted by molar-refractivity contribution is 8.00. The van der Waals surface area contributed by atoms with Crippen molar-refractivity contribution in [3.05, 3.63) is 29.7 Å². The SMILES string of the molecule is O=C1CSCN1CC(=O)N1CCCC(c2nnc3ccc(C(F)(F)F)cn23)C1. The molecule has 7 nitrogen and oxygen atoms in total. The Morgan fingerprint density at radius 3 is 2.82 bits per heavy atom. The number of amides is 2. The number of carbonyl (C=O) groups is 2. The smallest absolute Gasteiger partial charge is 0.340 e. The number of pyridine rings is 1. The van der Waals surface area contributed by atoms with E-state index in [-0.39, 0.29) is 24.3 Å². The number of likely N-dealkylation sites (tertiary alicyclic amines) is 1. The summed E-state index contributed by atoms with van der Waals surface area (Å²) in [6.07, 6.45) is -2.03. The summed E-state index contributed by atoms with van der Waals surface area (Å²) in [5.74, 6) is 0.923. The largest absolute Gasteiger partial charge is 0.417 e. The van der Waals surface area contributed by atoms with Crippen LogP contribution in [0.1, 0.15) is 30.1 Å². The Morgan fingerprint density at radius 1 is 1.29 bits per heavy atom. The van der Waals surface area contributed by atoms with Gasteiger partial charge in [0.15, 0.2) is 5.65 Å². The van der Waals surface area contributed by atoms with Gasteiger partial charge in [0.2, 0.25) is 11.8 Å². The van der Waals surface area contributed by atoms with Crippen LogP contribution in [0.4, 0.5) is 13.2 Å². The molecule has 0 aromatic carbocycles. The molecule has 0 saturated carbocycles. The Hall–Kier alpha value is -2.30.